The van der Waals surface area contributed by atoms with E-state index in [2.05, 4.69) is 0 Å². The summed E-state index contributed by atoms with van der Waals surface area (Å²) in [5.74, 6) is -2.04. The van der Waals surface area contributed by atoms with Crippen molar-refractivity contribution in [2.24, 2.45) is 105 Å². The van der Waals surface area contributed by atoms with Gasteiger partial charge < -0.3 is 61.9 Å². The van der Waals surface area contributed by atoms with Crippen LogP contribution in [0.4, 0.5) is 0 Å². The second kappa shape index (κ2) is 27.6. The average Bonchev–Trinajstić information content (AvgIpc) is 1.60. The largest absolute Gasteiger partial charge is 0.465 e. The highest BCUT2D eigenvalue weighted by Crippen LogP contribution is 2.60. The van der Waals surface area contributed by atoms with Gasteiger partial charge >= 0.3 is 65.7 Å². The van der Waals surface area contributed by atoms with Gasteiger partial charge in [0.15, 0.2) is 6.61 Å². The predicted molar refractivity (Wildman–Crippen MR) is 313 cm³/mol. The number of hydrogen-bond acceptors (Lipinski definition) is 24. The molecule has 0 spiro atoms. The Labute approximate surface area is 532 Å². The summed E-state index contributed by atoms with van der Waals surface area (Å²) in [6.45, 7) is 22.8. The van der Waals surface area contributed by atoms with Gasteiger partial charge in [0.05, 0.1) is 64.6 Å². The summed E-state index contributed by atoms with van der Waals surface area (Å²) < 4.78 is 64.0. The maximum Gasteiger partial charge on any atom is 0.344 e. The fourth-order valence-electron chi connectivity index (χ4n) is 15.9. The molecule has 4 saturated heterocycles. The Kier molecular flexibility index (Phi) is 21.0. The van der Waals surface area contributed by atoms with Crippen LogP contribution < -0.4 is 0 Å². The Bertz CT molecular complexity index is 2780. The normalized spacial score (nSPS) is 35.7. The number of hydrogen-bond donors (Lipinski definition) is 1. The van der Waals surface area contributed by atoms with Gasteiger partial charge in [0.25, 0.3) is 0 Å². The van der Waals surface area contributed by atoms with Crippen LogP contribution in [0.5, 0.6) is 0 Å². The summed E-state index contributed by atoms with van der Waals surface area (Å²) in [5.41, 5.74) is -2.15. The molecule has 0 aromatic rings. The molecule has 21 atom stereocenters. The van der Waals surface area contributed by atoms with Crippen molar-refractivity contribution in [2.45, 2.75) is 203 Å². The number of carbonyl (C=O) groups is 11. The molecule has 8 saturated carbocycles. The van der Waals surface area contributed by atoms with Gasteiger partial charge in [-0.05, 0) is 138 Å². The fourth-order valence-corrected chi connectivity index (χ4v) is 15.9. The van der Waals surface area contributed by atoms with Gasteiger partial charge in [-0.15, -0.1) is 0 Å². The van der Waals surface area contributed by atoms with E-state index in [0.717, 1.165) is 44.9 Å². The lowest BCUT2D eigenvalue weighted by Crippen LogP contribution is -2.44. The molecule has 0 amide bonds. The monoisotopic (exact) mass is 1280 g/mol. The first-order valence-electron chi connectivity index (χ1n) is 33.2. The number of esters is 11. The van der Waals surface area contributed by atoms with E-state index in [0.29, 0.717) is 50.7 Å². The fraction of sp³-hybridized carbons (Fsp3) is 0.836. The number of aliphatic hydroxyl groups excluding tert-OH is 1. The summed E-state index contributed by atoms with van der Waals surface area (Å²) in [6, 6.07) is 0. The van der Waals surface area contributed by atoms with Crippen molar-refractivity contribution < 1.29 is 115 Å². The molecular formula is C67H96O24. The summed E-state index contributed by atoms with van der Waals surface area (Å²) in [5, 5.41) is 9.69. The van der Waals surface area contributed by atoms with E-state index in [1.807, 2.05) is 55.4 Å². The lowest BCUT2D eigenvalue weighted by Gasteiger charge is -2.36. The molecule has 24 nitrogen and oxygen atoms in total. The maximum atomic E-state index is 12.3. The van der Waals surface area contributed by atoms with Gasteiger partial charge in [-0.1, -0.05) is 27.7 Å². The number of fused-ring (bicyclic) bond motifs is 8. The zero-order valence-corrected chi connectivity index (χ0v) is 54.9. The van der Waals surface area contributed by atoms with Crippen molar-refractivity contribution in [3.05, 3.63) is 0 Å². The minimum atomic E-state index is -0.741. The highest BCUT2D eigenvalue weighted by Gasteiger charge is 2.67. The summed E-state index contributed by atoms with van der Waals surface area (Å²) in [6.07, 6.45) is 6.27. The predicted octanol–water partition coefficient (Wildman–Crippen LogP) is 6.17. The number of rotatable bonds is 23. The Morgan fingerprint density at radius 1 is 0.429 bits per heavy atom. The Balaban J connectivity index is 0.000000144. The first kappa shape index (κ1) is 69.4. The van der Waals surface area contributed by atoms with Crippen molar-refractivity contribution in [3.63, 3.8) is 0 Å². The molecule has 12 rings (SSSR count). The van der Waals surface area contributed by atoms with Gasteiger partial charge in [-0.3, -0.25) is 47.9 Å². The third-order valence-electron chi connectivity index (χ3n) is 22.9. The smallest absolute Gasteiger partial charge is 0.344 e. The van der Waals surface area contributed by atoms with Crippen molar-refractivity contribution in [1.82, 2.24) is 0 Å². The molecule has 21 unspecified atom stereocenters. The first-order chi connectivity index (χ1) is 42.9. The van der Waals surface area contributed by atoms with Crippen molar-refractivity contribution >= 4 is 65.7 Å². The molecule has 12 fully saturated rings. The third-order valence-corrected chi connectivity index (χ3v) is 22.9. The van der Waals surface area contributed by atoms with Crippen LogP contribution in [0.25, 0.3) is 0 Å². The molecule has 0 radical (unpaired) electrons. The second-order valence-electron chi connectivity index (χ2n) is 29.7. The minimum absolute atomic E-state index is 0.00409. The van der Waals surface area contributed by atoms with Crippen LogP contribution in [0.3, 0.4) is 0 Å². The van der Waals surface area contributed by atoms with Crippen molar-refractivity contribution in [2.75, 3.05) is 46.2 Å². The molecular weight excluding hydrogens is 1190 g/mol. The first-order valence-corrected chi connectivity index (χ1v) is 33.2. The number of carbonyl (C=O) groups excluding carboxylic acids is 11. The standard InChI is InChI=1S/C19H26O8.C16H22O6.2C16H24O5/c1-4-19(2,3)18(23)25-6-5-24-13(20)9-14(21)26-15-10-7-11-12(8-10)17(22)27-16(11)15;1-4-16(2,3)15(19)20-7-11(17)21-12-8-5-9-10(6-8)14(18)22-13(9)12;1-4-16(2,3)15(19)21-13-9-5-8(10(13)6-17)12-11(9)7-20-14(12)18;1-4-16(2,3)15(18)20-6-5-19-12-9-7-10-11(8-9)14(17)21-13(10)12/h10-12,15-16H,4-9H2,1-3H3;8-10,12-13H,4-7H2,1-3H3;8-13,17H,4-7H2,1-3H3;9-13H,4-8H2,1-3H3. The van der Waals surface area contributed by atoms with Gasteiger partial charge in [0, 0.05) is 54.0 Å². The SMILES string of the molecule is CCC(C)(C)C(=O)OC1C2CC(C1CO)C1C(=O)OCC21.CCC(C)(C)C(=O)OCC(=O)OC1C2CC3C(=O)OC1C3C2.CCC(C)(C)C(=O)OCCOC(=O)CC(=O)OC1C2CC3C(=O)OC1C3C2.CCC(C)(C)C(=O)OCCOC1C2CC3C(=O)OC1C3C2. The highest BCUT2D eigenvalue weighted by atomic mass is 16.6. The van der Waals surface area contributed by atoms with Crippen LogP contribution in [-0.4, -0.2) is 160 Å². The summed E-state index contributed by atoms with van der Waals surface area (Å²) >= 11 is 0. The van der Waals surface area contributed by atoms with E-state index >= 15 is 0 Å². The van der Waals surface area contributed by atoms with Crippen LogP contribution in [0.2, 0.25) is 0 Å². The van der Waals surface area contributed by atoms with Gasteiger partial charge in [0.1, 0.15) is 62.9 Å². The lowest BCUT2D eigenvalue weighted by molar-refractivity contribution is -0.172. The van der Waals surface area contributed by atoms with E-state index in [-0.39, 0.29) is 182 Å². The Morgan fingerprint density at radius 3 is 1.32 bits per heavy atom. The van der Waals surface area contributed by atoms with Crippen LogP contribution in [0.1, 0.15) is 160 Å². The molecule has 0 aromatic carbocycles. The molecule has 8 bridgehead atoms. The molecule has 24 heteroatoms. The average molecular weight is 1290 g/mol. The Hall–Kier alpha value is -5.91. The van der Waals surface area contributed by atoms with E-state index in [1.165, 1.54) is 0 Å². The van der Waals surface area contributed by atoms with Crippen molar-refractivity contribution in [1.29, 1.82) is 0 Å². The second-order valence-corrected chi connectivity index (χ2v) is 29.7. The maximum absolute atomic E-state index is 12.3. The van der Waals surface area contributed by atoms with Crippen LogP contribution in [0, 0.1) is 105 Å². The lowest BCUT2D eigenvalue weighted by atomic mass is 9.74. The van der Waals surface area contributed by atoms with Gasteiger partial charge in [0.2, 0.25) is 0 Å². The molecule has 4 heterocycles. The molecule has 4 aliphatic heterocycles. The molecule has 508 valence electrons. The summed E-state index contributed by atoms with van der Waals surface area (Å²) in [7, 11) is 0. The topological polar surface area (TPSA) is 319 Å². The number of cyclic esters (lactones) is 1. The zero-order valence-electron chi connectivity index (χ0n) is 54.9. The van der Waals surface area contributed by atoms with Gasteiger partial charge in [-0.2, -0.15) is 0 Å². The van der Waals surface area contributed by atoms with Gasteiger partial charge in [-0.25, -0.2) is 4.79 Å². The van der Waals surface area contributed by atoms with E-state index in [4.69, 9.17) is 56.8 Å². The number of aliphatic hydroxyl groups is 1. The minimum Gasteiger partial charge on any atom is -0.465 e. The van der Waals surface area contributed by atoms with E-state index < -0.39 is 58.1 Å². The third kappa shape index (κ3) is 14.2. The highest BCUT2D eigenvalue weighted by molar-refractivity contribution is 5.91. The summed E-state index contributed by atoms with van der Waals surface area (Å²) in [4.78, 5) is 130. The van der Waals surface area contributed by atoms with Crippen LogP contribution >= 0.6 is 0 Å². The Morgan fingerprint density at radius 2 is 0.846 bits per heavy atom. The van der Waals surface area contributed by atoms with Crippen LogP contribution in [-0.2, 0) is 110 Å². The molecule has 1 N–H and O–H groups in total. The van der Waals surface area contributed by atoms with Crippen molar-refractivity contribution in [3.8, 4) is 0 Å². The van der Waals surface area contributed by atoms with Crippen LogP contribution in [0.15, 0.2) is 0 Å². The zero-order chi connectivity index (χ0) is 66.4. The molecule has 8 aliphatic carbocycles. The quantitative estimate of drug-likeness (QED) is 0.0517. The van der Waals surface area contributed by atoms with E-state index in [1.54, 1.807) is 27.7 Å². The number of ether oxygens (including phenoxy) is 12. The molecule has 91 heavy (non-hydrogen) atoms. The molecule has 12 aliphatic rings. The molecule has 0 aromatic heterocycles. The van der Waals surface area contributed by atoms with E-state index in [9.17, 15) is 57.8 Å².